The largest absolute Gasteiger partial charge is 0.394 e. The SMILES string of the molecule is Nc1ncnc2c1ncn2[C@H](CO)CC(CO)=C(F)F. The number of anilines is 1. The summed E-state index contributed by atoms with van der Waals surface area (Å²) in [5, 5.41) is 18.3. The number of hydrogen-bond acceptors (Lipinski definition) is 6. The van der Waals surface area contributed by atoms with Crippen molar-refractivity contribution < 1.29 is 19.0 Å². The maximum atomic E-state index is 12.6. The first-order chi connectivity index (χ1) is 9.58. The van der Waals surface area contributed by atoms with E-state index in [-0.39, 0.29) is 12.2 Å². The summed E-state index contributed by atoms with van der Waals surface area (Å²) in [5.74, 6) is 0.167. The van der Waals surface area contributed by atoms with Gasteiger partial charge in [0, 0.05) is 5.57 Å². The third kappa shape index (κ3) is 2.58. The van der Waals surface area contributed by atoms with E-state index in [1.807, 2.05) is 0 Å². The smallest absolute Gasteiger partial charge is 0.271 e. The number of imidazole rings is 1. The molecule has 0 radical (unpaired) electrons. The monoisotopic (exact) mass is 285 g/mol. The van der Waals surface area contributed by atoms with Crippen molar-refractivity contribution in [3.63, 3.8) is 0 Å². The van der Waals surface area contributed by atoms with Crippen LogP contribution in [-0.2, 0) is 0 Å². The zero-order valence-electron chi connectivity index (χ0n) is 10.4. The van der Waals surface area contributed by atoms with Crippen molar-refractivity contribution in [3.8, 4) is 0 Å². The first kappa shape index (κ1) is 14.3. The van der Waals surface area contributed by atoms with Gasteiger partial charge in [-0.3, -0.25) is 0 Å². The molecule has 0 saturated carbocycles. The maximum Gasteiger partial charge on any atom is 0.271 e. The van der Waals surface area contributed by atoms with Gasteiger partial charge in [-0.25, -0.2) is 15.0 Å². The summed E-state index contributed by atoms with van der Waals surface area (Å²) >= 11 is 0. The Morgan fingerprint density at radius 1 is 1.30 bits per heavy atom. The third-order valence-electron chi connectivity index (χ3n) is 2.93. The zero-order chi connectivity index (χ0) is 14.7. The van der Waals surface area contributed by atoms with E-state index in [1.54, 1.807) is 0 Å². The molecule has 0 saturated heterocycles. The second-order valence-corrected chi connectivity index (χ2v) is 4.15. The summed E-state index contributed by atoms with van der Waals surface area (Å²) < 4.78 is 26.6. The van der Waals surface area contributed by atoms with Gasteiger partial charge in [-0.15, -0.1) is 0 Å². The molecule has 2 heterocycles. The van der Waals surface area contributed by atoms with Crippen molar-refractivity contribution >= 4 is 17.0 Å². The summed E-state index contributed by atoms with van der Waals surface area (Å²) in [6, 6.07) is -0.724. The first-order valence-electron chi connectivity index (χ1n) is 5.76. The van der Waals surface area contributed by atoms with Crippen LogP contribution in [0.4, 0.5) is 14.6 Å². The van der Waals surface area contributed by atoms with Crippen LogP contribution in [0.25, 0.3) is 11.2 Å². The topological polar surface area (TPSA) is 110 Å². The molecule has 0 fully saturated rings. The molecule has 4 N–H and O–H groups in total. The van der Waals surface area contributed by atoms with Crippen molar-refractivity contribution in [2.24, 2.45) is 0 Å². The second kappa shape index (κ2) is 5.88. The molecule has 1 atom stereocenters. The molecule has 7 nitrogen and oxygen atoms in total. The number of aliphatic hydroxyl groups excluding tert-OH is 2. The van der Waals surface area contributed by atoms with Crippen LogP contribution in [0.15, 0.2) is 24.3 Å². The Labute approximate surface area is 112 Å². The van der Waals surface area contributed by atoms with Crippen LogP contribution >= 0.6 is 0 Å². The van der Waals surface area contributed by atoms with Crippen molar-refractivity contribution in [3.05, 3.63) is 24.3 Å². The highest BCUT2D eigenvalue weighted by Crippen LogP contribution is 2.25. The Balaban J connectivity index is 2.40. The van der Waals surface area contributed by atoms with Gasteiger partial charge in [0.2, 0.25) is 0 Å². The molecule has 2 rings (SSSR count). The molecule has 9 heteroatoms. The summed E-state index contributed by atoms with van der Waals surface area (Å²) in [4.78, 5) is 11.8. The standard InChI is InChI=1S/C11H13F2N5O2/c12-9(13)6(2-19)1-7(3-20)18-5-17-8-10(14)15-4-16-11(8)18/h4-5,7,19-20H,1-3H2,(H2,14,15,16)/t7-/m0/s1. The number of halogens is 2. The lowest BCUT2D eigenvalue weighted by molar-refractivity contribution is 0.219. The number of aliphatic hydroxyl groups is 2. The molecule has 0 bridgehead atoms. The zero-order valence-corrected chi connectivity index (χ0v) is 10.4. The van der Waals surface area contributed by atoms with Crippen molar-refractivity contribution in [2.75, 3.05) is 18.9 Å². The van der Waals surface area contributed by atoms with Gasteiger partial charge in [-0.1, -0.05) is 0 Å². The predicted molar refractivity (Wildman–Crippen MR) is 66.8 cm³/mol. The predicted octanol–water partition coefficient (Wildman–Crippen LogP) is 0.475. The number of nitrogens with zero attached hydrogens (tertiary/aromatic N) is 4. The minimum absolute atomic E-state index is 0.167. The van der Waals surface area contributed by atoms with E-state index >= 15 is 0 Å². The fourth-order valence-electron chi connectivity index (χ4n) is 1.87. The van der Waals surface area contributed by atoms with Gasteiger partial charge < -0.3 is 20.5 Å². The molecule has 20 heavy (non-hydrogen) atoms. The van der Waals surface area contributed by atoms with Crippen LogP contribution in [0.1, 0.15) is 12.5 Å². The van der Waals surface area contributed by atoms with Gasteiger partial charge in [0.15, 0.2) is 11.5 Å². The molecule has 2 aromatic heterocycles. The molecule has 0 aromatic carbocycles. The molecule has 0 aliphatic rings. The summed E-state index contributed by atoms with van der Waals surface area (Å²) in [6.07, 6.45) is 0.402. The van der Waals surface area contributed by atoms with Crippen LogP contribution < -0.4 is 5.73 Å². The fourth-order valence-corrected chi connectivity index (χ4v) is 1.87. The Bertz CT molecular complexity index is 639. The van der Waals surface area contributed by atoms with E-state index in [0.717, 1.165) is 0 Å². The Hall–Kier alpha value is -2.13. The van der Waals surface area contributed by atoms with Crippen LogP contribution in [0.2, 0.25) is 0 Å². The van der Waals surface area contributed by atoms with Gasteiger partial charge in [0.25, 0.3) is 6.08 Å². The summed E-state index contributed by atoms with van der Waals surface area (Å²) in [6.45, 7) is -1.19. The van der Waals surface area contributed by atoms with Crippen molar-refractivity contribution in [2.45, 2.75) is 12.5 Å². The van der Waals surface area contributed by atoms with Gasteiger partial charge in [-0.05, 0) is 6.42 Å². The Morgan fingerprint density at radius 3 is 2.65 bits per heavy atom. The second-order valence-electron chi connectivity index (χ2n) is 4.15. The summed E-state index contributed by atoms with van der Waals surface area (Å²) in [7, 11) is 0. The highest BCUT2D eigenvalue weighted by atomic mass is 19.3. The van der Waals surface area contributed by atoms with Gasteiger partial charge in [-0.2, -0.15) is 8.78 Å². The van der Waals surface area contributed by atoms with Gasteiger partial charge in [0.05, 0.1) is 25.6 Å². The lowest BCUT2D eigenvalue weighted by Crippen LogP contribution is -2.15. The molecular weight excluding hydrogens is 272 g/mol. The van der Waals surface area contributed by atoms with E-state index in [0.29, 0.717) is 11.2 Å². The Morgan fingerprint density at radius 2 is 2.05 bits per heavy atom. The molecule has 108 valence electrons. The number of nitrogen functional groups attached to an aromatic ring is 1. The number of nitrogens with two attached hydrogens (primary N) is 1. The quantitative estimate of drug-likeness (QED) is 0.736. The first-order valence-corrected chi connectivity index (χ1v) is 5.76. The van der Waals surface area contributed by atoms with Gasteiger partial charge >= 0.3 is 0 Å². The lowest BCUT2D eigenvalue weighted by Gasteiger charge is -2.17. The van der Waals surface area contributed by atoms with Crippen molar-refractivity contribution in [1.82, 2.24) is 19.5 Å². The molecule has 0 aliphatic heterocycles. The number of rotatable bonds is 5. The fraction of sp³-hybridized carbons (Fsp3) is 0.364. The van der Waals surface area contributed by atoms with E-state index in [4.69, 9.17) is 10.8 Å². The van der Waals surface area contributed by atoms with E-state index in [2.05, 4.69) is 15.0 Å². The average molecular weight is 285 g/mol. The van der Waals surface area contributed by atoms with Crippen LogP contribution in [0, 0.1) is 0 Å². The maximum absolute atomic E-state index is 12.6. The number of hydrogen-bond donors (Lipinski definition) is 3. The molecule has 0 amide bonds. The minimum atomic E-state index is -1.95. The molecular formula is C11H13F2N5O2. The molecule has 0 aliphatic carbocycles. The van der Waals surface area contributed by atoms with E-state index < -0.39 is 30.9 Å². The lowest BCUT2D eigenvalue weighted by atomic mass is 10.1. The number of fused-ring (bicyclic) bond motifs is 1. The highest BCUT2D eigenvalue weighted by Gasteiger charge is 2.19. The summed E-state index contributed by atoms with van der Waals surface area (Å²) in [5.41, 5.74) is 5.87. The van der Waals surface area contributed by atoms with Crippen molar-refractivity contribution in [1.29, 1.82) is 0 Å². The van der Waals surface area contributed by atoms with Crippen LogP contribution in [0.3, 0.4) is 0 Å². The number of aromatic nitrogens is 4. The van der Waals surface area contributed by atoms with E-state index in [9.17, 15) is 13.9 Å². The molecule has 2 aromatic rings. The highest BCUT2D eigenvalue weighted by molar-refractivity contribution is 5.81. The Kier molecular flexibility index (Phi) is 4.20. The minimum Gasteiger partial charge on any atom is -0.394 e. The molecule has 0 spiro atoms. The molecule has 0 unspecified atom stereocenters. The third-order valence-corrected chi connectivity index (χ3v) is 2.93. The van der Waals surface area contributed by atoms with Crippen LogP contribution in [-0.4, -0.2) is 42.9 Å². The average Bonchev–Trinajstić information content (AvgIpc) is 2.85. The van der Waals surface area contributed by atoms with Gasteiger partial charge in [0.1, 0.15) is 11.8 Å². The van der Waals surface area contributed by atoms with E-state index in [1.165, 1.54) is 17.2 Å². The van der Waals surface area contributed by atoms with Crippen LogP contribution in [0.5, 0.6) is 0 Å². The normalized spacial score (nSPS) is 12.6.